The highest BCUT2D eigenvalue weighted by Gasteiger charge is 2.12. The van der Waals surface area contributed by atoms with Gasteiger partial charge in [0.25, 0.3) is 5.91 Å². The Hall–Kier alpha value is -1.75. The summed E-state index contributed by atoms with van der Waals surface area (Å²) in [5.41, 5.74) is 0.871. The van der Waals surface area contributed by atoms with Crippen molar-refractivity contribution in [3.05, 3.63) is 35.4 Å². The molecule has 0 aliphatic carbocycles. The molecule has 5 nitrogen and oxygen atoms in total. The van der Waals surface area contributed by atoms with Gasteiger partial charge in [-0.1, -0.05) is 0 Å². The molecule has 0 spiro atoms. The lowest BCUT2D eigenvalue weighted by Crippen LogP contribution is -2.11. The second-order valence-electron chi connectivity index (χ2n) is 3.29. The molecule has 6 heteroatoms. The van der Waals surface area contributed by atoms with Crippen LogP contribution in [0.4, 0.5) is 5.82 Å². The first-order valence-electron chi connectivity index (χ1n) is 4.67. The van der Waals surface area contributed by atoms with E-state index in [-0.39, 0.29) is 17.5 Å². The van der Waals surface area contributed by atoms with Gasteiger partial charge < -0.3 is 9.73 Å². The molecule has 0 bridgehead atoms. The van der Waals surface area contributed by atoms with Crippen LogP contribution in [-0.2, 0) is 5.88 Å². The Morgan fingerprint density at radius 2 is 2.44 bits per heavy atom. The van der Waals surface area contributed by atoms with Gasteiger partial charge in [0.1, 0.15) is 5.76 Å². The van der Waals surface area contributed by atoms with Gasteiger partial charge in [-0.2, -0.15) is 5.10 Å². The van der Waals surface area contributed by atoms with E-state index < -0.39 is 0 Å². The van der Waals surface area contributed by atoms with Gasteiger partial charge in [-0.3, -0.25) is 9.89 Å². The molecule has 0 aromatic carbocycles. The third kappa shape index (κ3) is 2.25. The Labute approximate surface area is 96.8 Å². The number of amides is 1. The number of H-pyrrole nitrogens is 1. The van der Waals surface area contributed by atoms with E-state index in [2.05, 4.69) is 15.5 Å². The molecule has 16 heavy (non-hydrogen) atoms. The minimum atomic E-state index is -0.345. The number of nitrogens with one attached hydrogen (secondary N) is 2. The molecular formula is C10H10ClN3O2. The number of halogens is 1. The molecule has 0 aliphatic rings. The van der Waals surface area contributed by atoms with Gasteiger partial charge in [0.15, 0.2) is 11.6 Å². The van der Waals surface area contributed by atoms with Gasteiger partial charge in [0.2, 0.25) is 0 Å². The average molecular weight is 240 g/mol. The van der Waals surface area contributed by atoms with Crippen LogP contribution in [-0.4, -0.2) is 16.1 Å². The second kappa shape index (κ2) is 4.40. The summed E-state index contributed by atoms with van der Waals surface area (Å²) in [6.07, 6.45) is 0. The van der Waals surface area contributed by atoms with Gasteiger partial charge in [0, 0.05) is 11.8 Å². The topological polar surface area (TPSA) is 70.9 Å². The van der Waals surface area contributed by atoms with Crippen molar-refractivity contribution in [1.29, 1.82) is 0 Å². The molecule has 2 rings (SSSR count). The minimum Gasteiger partial charge on any atom is -0.455 e. The van der Waals surface area contributed by atoms with Gasteiger partial charge in [-0.05, 0) is 19.1 Å². The number of aromatic amines is 1. The lowest BCUT2D eigenvalue weighted by atomic mass is 10.4. The summed E-state index contributed by atoms with van der Waals surface area (Å²) in [7, 11) is 0. The predicted octanol–water partition coefficient (Wildman–Crippen LogP) is 2.30. The summed E-state index contributed by atoms with van der Waals surface area (Å²) < 4.78 is 5.19. The van der Waals surface area contributed by atoms with Crippen molar-refractivity contribution < 1.29 is 9.21 Å². The summed E-state index contributed by atoms with van der Waals surface area (Å²) in [6, 6.07) is 4.97. The summed E-state index contributed by atoms with van der Waals surface area (Å²) in [5.74, 6) is 1.14. The van der Waals surface area contributed by atoms with Crippen LogP contribution in [0.25, 0.3) is 0 Å². The quantitative estimate of drug-likeness (QED) is 0.808. The number of anilines is 1. The lowest BCUT2D eigenvalue weighted by Gasteiger charge is -1.97. The van der Waals surface area contributed by atoms with Crippen molar-refractivity contribution >= 4 is 23.3 Å². The first-order valence-corrected chi connectivity index (χ1v) is 5.20. The standard InChI is InChI=1S/C10H10ClN3O2/c1-6-4-9(14-13-6)12-10(15)8-3-2-7(5-11)16-8/h2-4H,5H2,1H3,(H2,12,13,14,15). The van der Waals surface area contributed by atoms with E-state index in [9.17, 15) is 4.79 Å². The van der Waals surface area contributed by atoms with Gasteiger partial charge in [-0.15, -0.1) is 11.6 Å². The Kier molecular flexibility index (Phi) is 2.96. The zero-order valence-corrected chi connectivity index (χ0v) is 9.34. The van der Waals surface area contributed by atoms with Crippen LogP contribution in [0.2, 0.25) is 0 Å². The molecule has 1 amide bonds. The average Bonchev–Trinajstić information content (AvgIpc) is 2.87. The van der Waals surface area contributed by atoms with E-state index in [4.69, 9.17) is 16.0 Å². The Morgan fingerprint density at radius 1 is 1.62 bits per heavy atom. The fraction of sp³-hybridized carbons (Fsp3) is 0.200. The van der Waals surface area contributed by atoms with Crippen LogP contribution in [0.3, 0.4) is 0 Å². The minimum absolute atomic E-state index is 0.219. The summed E-state index contributed by atoms with van der Waals surface area (Å²) in [5, 5.41) is 9.21. The number of hydrogen-bond acceptors (Lipinski definition) is 3. The number of carbonyl (C=O) groups excluding carboxylic acids is 1. The molecule has 2 heterocycles. The number of nitrogens with zero attached hydrogens (tertiary/aromatic N) is 1. The van der Waals surface area contributed by atoms with Crippen LogP contribution >= 0.6 is 11.6 Å². The number of aryl methyl sites for hydroxylation is 1. The number of furan rings is 1. The van der Waals surface area contributed by atoms with Crippen LogP contribution in [0.15, 0.2) is 22.6 Å². The van der Waals surface area contributed by atoms with Crippen molar-refractivity contribution in [1.82, 2.24) is 10.2 Å². The first-order chi connectivity index (χ1) is 7.69. The zero-order valence-electron chi connectivity index (χ0n) is 8.58. The number of alkyl halides is 1. The van der Waals surface area contributed by atoms with E-state index in [1.54, 1.807) is 18.2 Å². The van der Waals surface area contributed by atoms with Crippen LogP contribution in [0, 0.1) is 6.92 Å². The number of hydrogen-bond donors (Lipinski definition) is 2. The molecule has 0 saturated heterocycles. The normalized spacial score (nSPS) is 10.4. The van der Waals surface area contributed by atoms with Crippen LogP contribution < -0.4 is 5.32 Å². The smallest absolute Gasteiger partial charge is 0.292 e. The highest BCUT2D eigenvalue weighted by molar-refractivity contribution is 6.16. The van der Waals surface area contributed by atoms with Crippen molar-refractivity contribution in [2.75, 3.05) is 5.32 Å². The van der Waals surface area contributed by atoms with E-state index in [1.807, 2.05) is 6.92 Å². The molecule has 0 aliphatic heterocycles. The molecule has 0 atom stereocenters. The third-order valence-corrected chi connectivity index (χ3v) is 2.23. The highest BCUT2D eigenvalue weighted by atomic mass is 35.5. The van der Waals surface area contributed by atoms with Gasteiger partial charge in [0.05, 0.1) is 5.88 Å². The van der Waals surface area contributed by atoms with Crippen molar-refractivity contribution in [2.24, 2.45) is 0 Å². The number of carbonyl (C=O) groups is 1. The van der Waals surface area contributed by atoms with Crippen LogP contribution in [0.1, 0.15) is 22.0 Å². The van der Waals surface area contributed by atoms with Crippen molar-refractivity contribution in [3.8, 4) is 0 Å². The fourth-order valence-corrected chi connectivity index (χ4v) is 1.38. The first kappa shape index (κ1) is 10.8. The van der Waals surface area contributed by atoms with Gasteiger partial charge in [-0.25, -0.2) is 0 Å². The van der Waals surface area contributed by atoms with Crippen molar-refractivity contribution in [2.45, 2.75) is 12.8 Å². The molecule has 0 saturated carbocycles. The Morgan fingerprint density at radius 3 is 3.00 bits per heavy atom. The monoisotopic (exact) mass is 239 g/mol. The fourth-order valence-electron chi connectivity index (χ4n) is 1.23. The van der Waals surface area contributed by atoms with Crippen molar-refractivity contribution in [3.63, 3.8) is 0 Å². The summed E-state index contributed by atoms with van der Waals surface area (Å²) in [6.45, 7) is 1.85. The lowest BCUT2D eigenvalue weighted by molar-refractivity contribution is 0.0995. The maximum Gasteiger partial charge on any atom is 0.292 e. The molecule has 2 aromatic heterocycles. The SMILES string of the molecule is Cc1cc(NC(=O)c2ccc(CCl)o2)n[nH]1. The van der Waals surface area contributed by atoms with E-state index >= 15 is 0 Å². The summed E-state index contributed by atoms with van der Waals surface area (Å²) >= 11 is 5.57. The van der Waals surface area contributed by atoms with Gasteiger partial charge >= 0.3 is 0 Å². The molecule has 0 unspecified atom stereocenters. The van der Waals surface area contributed by atoms with E-state index in [1.165, 1.54) is 0 Å². The van der Waals surface area contributed by atoms with E-state index in [0.29, 0.717) is 11.6 Å². The largest absolute Gasteiger partial charge is 0.455 e. The Bertz CT molecular complexity index is 504. The predicted molar refractivity (Wildman–Crippen MR) is 59.5 cm³/mol. The number of aromatic nitrogens is 2. The molecular weight excluding hydrogens is 230 g/mol. The molecule has 2 aromatic rings. The molecule has 0 fully saturated rings. The second-order valence-corrected chi connectivity index (χ2v) is 3.56. The highest BCUT2D eigenvalue weighted by Crippen LogP contribution is 2.12. The van der Waals surface area contributed by atoms with Crippen LogP contribution in [0.5, 0.6) is 0 Å². The van der Waals surface area contributed by atoms with E-state index in [0.717, 1.165) is 5.69 Å². The zero-order chi connectivity index (χ0) is 11.5. The third-order valence-electron chi connectivity index (χ3n) is 1.96. The summed E-state index contributed by atoms with van der Waals surface area (Å²) in [4.78, 5) is 11.7. The molecule has 84 valence electrons. The maximum absolute atomic E-state index is 11.7. The molecule has 0 radical (unpaired) electrons. The number of rotatable bonds is 3. The Balaban J connectivity index is 2.08. The maximum atomic E-state index is 11.7. The molecule has 2 N–H and O–H groups in total.